The van der Waals surface area contributed by atoms with Crippen molar-refractivity contribution in [3.05, 3.63) is 45.9 Å². The van der Waals surface area contributed by atoms with Crippen LogP contribution in [-0.4, -0.2) is 38.3 Å². The average molecular weight is 404 g/mol. The van der Waals surface area contributed by atoms with E-state index >= 15 is 0 Å². The van der Waals surface area contributed by atoms with Crippen molar-refractivity contribution in [2.24, 2.45) is 7.05 Å². The number of carbonyl (C=O) groups is 1. The minimum atomic E-state index is -0.200. The molecule has 0 spiro atoms. The topological polar surface area (TPSA) is 84.8 Å². The maximum absolute atomic E-state index is 12.3. The zero-order valence-corrected chi connectivity index (χ0v) is 17.0. The summed E-state index contributed by atoms with van der Waals surface area (Å²) in [6.07, 6.45) is 0.719. The Morgan fingerprint density at radius 1 is 1.37 bits per heavy atom. The van der Waals surface area contributed by atoms with Crippen molar-refractivity contribution in [1.82, 2.24) is 25.1 Å². The lowest BCUT2D eigenvalue weighted by molar-refractivity contribution is 0.0949. The highest BCUT2D eigenvalue weighted by atomic mass is 32.1. The van der Waals surface area contributed by atoms with Crippen molar-refractivity contribution in [3.8, 4) is 16.3 Å². The van der Waals surface area contributed by atoms with E-state index in [0.717, 1.165) is 22.1 Å². The molecule has 1 aromatic carbocycles. The van der Waals surface area contributed by atoms with Gasteiger partial charge in [0.05, 0.1) is 6.10 Å². The monoisotopic (exact) mass is 403 g/mol. The molecule has 0 unspecified atom stereocenters. The van der Waals surface area contributed by atoms with Crippen molar-refractivity contribution in [2.45, 2.75) is 26.4 Å². The molecule has 2 aromatic heterocycles. The number of aromatic nitrogens is 4. The lowest BCUT2D eigenvalue weighted by Crippen LogP contribution is -2.26. The van der Waals surface area contributed by atoms with Crippen LogP contribution in [0.3, 0.4) is 0 Å². The number of ether oxygens (including phenoxy) is 1. The molecule has 0 saturated heterocycles. The molecule has 0 saturated carbocycles. The second kappa shape index (κ2) is 8.45. The summed E-state index contributed by atoms with van der Waals surface area (Å²) in [4.78, 5) is 16.7. The maximum atomic E-state index is 12.3. The second-order valence-electron chi connectivity index (χ2n) is 6.24. The fourth-order valence-corrected chi connectivity index (χ4v) is 3.40. The van der Waals surface area contributed by atoms with E-state index in [1.807, 2.05) is 45.2 Å². The van der Waals surface area contributed by atoms with Gasteiger partial charge in [0.1, 0.15) is 22.3 Å². The van der Waals surface area contributed by atoms with Gasteiger partial charge in [-0.15, -0.1) is 11.3 Å². The number of rotatable bonds is 7. The lowest BCUT2D eigenvalue weighted by atomic mass is 10.2. The predicted molar refractivity (Wildman–Crippen MR) is 108 cm³/mol. The van der Waals surface area contributed by atoms with Crippen LogP contribution in [0.2, 0.25) is 0 Å². The molecule has 0 aliphatic rings. The molecule has 0 aliphatic heterocycles. The fourth-order valence-electron chi connectivity index (χ4n) is 2.44. The Hall–Kier alpha value is -2.52. The van der Waals surface area contributed by atoms with E-state index < -0.39 is 0 Å². The zero-order chi connectivity index (χ0) is 19.4. The largest absolute Gasteiger partial charge is 0.491 e. The van der Waals surface area contributed by atoms with Crippen molar-refractivity contribution in [2.75, 3.05) is 6.54 Å². The minimum Gasteiger partial charge on any atom is -0.491 e. The van der Waals surface area contributed by atoms with Crippen LogP contribution in [0.25, 0.3) is 10.6 Å². The standard InChI is InChI=1S/C18H21N5O2S2/c1-11(2)25-13-6-4-12(5-7-13)17-20-14(10-27-17)16(24)19-9-8-15-21-22-18(26)23(15)3/h4-7,10-11H,8-9H2,1-3H3,(H,19,24)(H,22,26). The van der Waals surface area contributed by atoms with E-state index in [0.29, 0.717) is 23.4 Å². The quantitative estimate of drug-likeness (QED) is 0.591. The summed E-state index contributed by atoms with van der Waals surface area (Å²) in [7, 11) is 1.84. The number of aromatic amines is 1. The molecule has 27 heavy (non-hydrogen) atoms. The van der Waals surface area contributed by atoms with Gasteiger partial charge in [0.15, 0.2) is 4.77 Å². The SMILES string of the molecule is CC(C)Oc1ccc(-c2nc(C(=O)NCCc3n[nH]c(=S)n3C)cs2)cc1. The van der Waals surface area contributed by atoms with Gasteiger partial charge in [-0.2, -0.15) is 5.10 Å². The van der Waals surface area contributed by atoms with Crippen LogP contribution in [-0.2, 0) is 13.5 Å². The third-order valence-corrected chi connectivity index (χ3v) is 5.07. The van der Waals surface area contributed by atoms with E-state index in [4.69, 9.17) is 17.0 Å². The zero-order valence-electron chi connectivity index (χ0n) is 15.4. The highest BCUT2D eigenvalue weighted by Gasteiger charge is 2.12. The van der Waals surface area contributed by atoms with E-state index in [1.165, 1.54) is 11.3 Å². The summed E-state index contributed by atoms with van der Waals surface area (Å²) in [5, 5.41) is 12.3. The first-order chi connectivity index (χ1) is 12.9. The highest BCUT2D eigenvalue weighted by Crippen LogP contribution is 2.26. The van der Waals surface area contributed by atoms with Gasteiger partial charge in [0, 0.05) is 31.0 Å². The molecule has 1 amide bonds. The molecular weight excluding hydrogens is 382 g/mol. The number of hydrogen-bond donors (Lipinski definition) is 2. The molecule has 3 rings (SSSR count). The predicted octanol–water partition coefficient (Wildman–Crippen LogP) is 3.36. The molecule has 0 aliphatic carbocycles. The van der Waals surface area contributed by atoms with Crippen molar-refractivity contribution in [3.63, 3.8) is 0 Å². The van der Waals surface area contributed by atoms with Gasteiger partial charge in [0.25, 0.3) is 5.91 Å². The number of nitrogens with zero attached hydrogens (tertiary/aromatic N) is 3. The van der Waals surface area contributed by atoms with Crippen LogP contribution in [0.5, 0.6) is 5.75 Å². The molecule has 0 radical (unpaired) electrons. The normalized spacial score (nSPS) is 11.0. The molecule has 9 heteroatoms. The van der Waals surface area contributed by atoms with Crippen LogP contribution in [0.15, 0.2) is 29.6 Å². The van der Waals surface area contributed by atoms with Gasteiger partial charge in [-0.1, -0.05) is 0 Å². The maximum Gasteiger partial charge on any atom is 0.270 e. The molecular formula is C18H21N5O2S2. The number of hydrogen-bond acceptors (Lipinski definition) is 6. The molecule has 2 heterocycles. The number of benzene rings is 1. The van der Waals surface area contributed by atoms with Gasteiger partial charge in [-0.05, 0) is 50.3 Å². The lowest BCUT2D eigenvalue weighted by Gasteiger charge is -2.09. The Bertz CT molecular complexity index is 972. The number of amides is 1. The molecule has 0 fully saturated rings. The summed E-state index contributed by atoms with van der Waals surface area (Å²) in [5.74, 6) is 1.41. The molecule has 0 bridgehead atoms. The second-order valence-corrected chi connectivity index (χ2v) is 7.48. The first kappa shape index (κ1) is 19.2. The highest BCUT2D eigenvalue weighted by molar-refractivity contribution is 7.71. The molecule has 7 nitrogen and oxygen atoms in total. The van der Waals surface area contributed by atoms with Crippen LogP contribution in [0.1, 0.15) is 30.2 Å². The van der Waals surface area contributed by atoms with Crippen molar-refractivity contribution >= 4 is 29.5 Å². The molecule has 2 N–H and O–H groups in total. The Balaban J connectivity index is 1.58. The van der Waals surface area contributed by atoms with Crippen molar-refractivity contribution < 1.29 is 9.53 Å². The van der Waals surface area contributed by atoms with E-state index in [9.17, 15) is 4.79 Å². The van der Waals surface area contributed by atoms with Crippen LogP contribution >= 0.6 is 23.6 Å². The Morgan fingerprint density at radius 3 is 2.74 bits per heavy atom. The third-order valence-electron chi connectivity index (χ3n) is 3.82. The first-order valence-electron chi connectivity index (χ1n) is 8.55. The molecule has 0 atom stereocenters. The van der Waals surface area contributed by atoms with Gasteiger partial charge >= 0.3 is 0 Å². The summed E-state index contributed by atoms with van der Waals surface area (Å²) in [5.41, 5.74) is 1.37. The summed E-state index contributed by atoms with van der Waals surface area (Å²) in [6, 6.07) is 7.71. The molecule has 142 valence electrons. The number of nitrogens with one attached hydrogen (secondary N) is 2. The average Bonchev–Trinajstić information content (AvgIpc) is 3.24. The number of thiazole rings is 1. The Morgan fingerprint density at radius 2 is 2.11 bits per heavy atom. The van der Waals surface area contributed by atoms with E-state index in [2.05, 4.69) is 20.5 Å². The number of carbonyl (C=O) groups excluding carboxylic acids is 1. The van der Waals surface area contributed by atoms with E-state index in [-0.39, 0.29) is 12.0 Å². The van der Waals surface area contributed by atoms with E-state index in [1.54, 1.807) is 9.95 Å². The Labute approximate surface area is 166 Å². The van der Waals surface area contributed by atoms with Gasteiger partial charge in [-0.3, -0.25) is 9.89 Å². The van der Waals surface area contributed by atoms with Gasteiger partial charge < -0.3 is 14.6 Å². The molecule has 3 aromatic rings. The smallest absolute Gasteiger partial charge is 0.270 e. The summed E-state index contributed by atoms with van der Waals surface area (Å²) in [6.45, 7) is 4.43. The third kappa shape index (κ3) is 4.81. The van der Waals surface area contributed by atoms with Gasteiger partial charge in [-0.25, -0.2) is 4.98 Å². The minimum absolute atomic E-state index is 0.132. The van der Waals surface area contributed by atoms with Crippen LogP contribution in [0, 0.1) is 4.77 Å². The first-order valence-corrected chi connectivity index (χ1v) is 9.84. The number of H-pyrrole nitrogens is 1. The fraction of sp³-hybridized carbons (Fsp3) is 0.333. The Kier molecular flexibility index (Phi) is 6.02. The van der Waals surface area contributed by atoms with Gasteiger partial charge in [0.2, 0.25) is 0 Å². The van der Waals surface area contributed by atoms with Crippen LogP contribution in [0.4, 0.5) is 0 Å². The van der Waals surface area contributed by atoms with Crippen molar-refractivity contribution in [1.29, 1.82) is 0 Å². The summed E-state index contributed by atoms with van der Waals surface area (Å²) < 4.78 is 7.99. The summed E-state index contributed by atoms with van der Waals surface area (Å²) >= 11 is 6.51. The van der Waals surface area contributed by atoms with Crippen LogP contribution < -0.4 is 10.1 Å².